The molecule has 0 heterocycles. The minimum atomic E-state index is 1.25. The molecule has 0 fully saturated rings. The van der Waals surface area contributed by atoms with Crippen molar-refractivity contribution in [2.75, 3.05) is 0 Å². The van der Waals surface area contributed by atoms with Crippen molar-refractivity contribution in [2.24, 2.45) is 0 Å². The van der Waals surface area contributed by atoms with Crippen molar-refractivity contribution in [1.29, 1.82) is 0 Å². The second-order valence-electron chi connectivity index (χ2n) is 4.71. The third-order valence-corrected chi connectivity index (χ3v) is 3.94. The summed E-state index contributed by atoms with van der Waals surface area (Å²) < 4.78 is 0. The molecule has 1 aromatic carbocycles. The van der Waals surface area contributed by atoms with Crippen molar-refractivity contribution in [3.05, 3.63) is 33.4 Å². The molecule has 1 aromatic rings. The quantitative estimate of drug-likeness (QED) is 0.676. The highest BCUT2D eigenvalue weighted by molar-refractivity contribution is 5.49. The molecular weight excluding hydrogens is 180 g/mol. The van der Waals surface area contributed by atoms with Crippen LogP contribution in [0.2, 0.25) is 0 Å². The van der Waals surface area contributed by atoms with Crippen molar-refractivity contribution in [2.45, 2.75) is 60.8 Å². The SMILES string of the molecule is CCCCc1c(C)c(C)c(C)c(C)c1C. The van der Waals surface area contributed by atoms with Gasteiger partial charge in [0, 0.05) is 0 Å². The zero-order chi connectivity index (χ0) is 11.6. The van der Waals surface area contributed by atoms with Crippen LogP contribution in [-0.2, 0) is 6.42 Å². The standard InChI is InChI=1S/C15H24/c1-7-8-9-15-13(5)11(3)10(2)12(4)14(15)6/h7-9H2,1-6H3. The van der Waals surface area contributed by atoms with Crippen LogP contribution in [0.5, 0.6) is 0 Å². The van der Waals surface area contributed by atoms with E-state index in [-0.39, 0.29) is 0 Å². The van der Waals surface area contributed by atoms with E-state index in [1.54, 1.807) is 5.56 Å². The average molecular weight is 204 g/mol. The zero-order valence-corrected chi connectivity index (χ0v) is 11.1. The Bertz CT molecular complexity index is 330. The van der Waals surface area contributed by atoms with E-state index in [1.807, 2.05) is 0 Å². The Morgan fingerprint density at radius 2 is 1.07 bits per heavy atom. The van der Waals surface area contributed by atoms with E-state index >= 15 is 0 Å². The first-order valence-electron chi connectivity index (χ1n) is 6.06. The molecule has 0 aliphatic rings. The van der Waals surface area contributed by atoms with Crippen molar-refractivity contribution in [3.8, 4) is 0 Å². The van der Waals surface area contributed by atoms with Gasteiger partial charge in [0.15, 0.2) is 0 Å². The summed E-state index contributed by atoms with van der Waals surface area (Å²) in [5.74, 6) is 0. The highest BCUT2D eigenvalue weighted by Crippen LogP contribution is 2.27. The smallest absolute Gasteiger partial charge is 0.0274 e. The molecule has 0 N–H and O–H groups in total. The minimum Gasteiger partial charge on any atom is -0.0654 e. The van der Waals surface area contributed by atoms with Gasteiger partial charge in [-0.15, -0.1) is 0 Å². The number of hydrogen-bond donors (Lipinski definition) is 0. The second kappa shape index (κ2) is 4.83. The van der Waals surface area contributed by atoms with E-state index in [4.69, 9.17) is 0 Å². The van der Waals surface area contributed by atoms with E-state index in [1.165, 1.54) is 47.1 Å². The summed E-state index contributed by atoms with van der Waals surface area (Å²) in [4.78, 5) is 0. The van der Waals surface area contributed by atoms with Crippen LogP contribution >= 0.6 is 0 Å². The van der Waals surface area contributed by atoms with Crippen LogP contribution < -0.4 is 0 Å². The Labute approximate surface area is 94.7 Å². The van der Waals surface area contributed by atoms with Crippen molar-refractivity contribution < 1.29 is 0 Å². The van der Waals surface area contributed by atoms with Crippen LogP contribution in [0.15, 0.2) is 0 Å². The maximum absolute atomic E-state index is 2.28. The Morgan fingerprint density at radius 3 is 1.47 bits per heavy atom. The Balaban J connectivity index is 3.26. The predicted molar refractivity (Wildman–Crippen MR) is 68.7 cm³/mol. The number of benzene rings is 1. The molecule has 0 saturated heterocycles. The van der Waals surface area contributed by atoms with E-state index in [9.17, 15) is 0 Å². The first kappa shape index (κ1) is 12.3. The fourth-order valence-electron chi connectivity index (χ4n) is 2.31. The average Bonchev–Trinajstić information content (AvgIpc) is 2.24. The van der Waals surface area contributed by atoms with Crippen LogP contribution in [0.3, 0.4) is 0 Å². The molecule has 0 saturated carbocycles. The van der Waals surface area contributed by atoms with Crippen molar-refractivity contribution in [3.63, 3.8) is 0 Å². The van der Waals surface area contributed by atoms with Gasteiger partial charge in [-0.2, -0.15) is 0 Å². The highest BCUT2D eigenvalue weighted by atomic mass is 14.2. The molecule has 0 aromatic heterocycles. The third kappa shape index (κ3) is 2.25. The van der Waals surface area contributed by atoms with Gasteiger partial charge in [0.05, 0.1) is 0 Å². The normalized spacial score (nSPS) is 10.8. The fraction of sp³-hybridized carbons (Fsp3) is 0.600. The maximum atomic E-state index is 2.28. The van der Waals surface area contributed by atoms with Crippen LogP contribution in [0.1, 0.15) is 53.1 Å². The lowest BCUT2D eigenvalue weighted by Crippen LogP contribution is -2.02. The number of unbranched alkanes of at least 4 members (excludes halogenated alkanes) is 1. The lowest BCUT2D eigenvalue weighted by Gasteiger charge is -2.18. The van der Waals surface area contributed by atoms with Crippen LogP contribution in [-0.4, -0.2) is 0 Å². The van der Waals surface area contributed by atoms with Gasteiger partial charge in [0.2, 0.25) is 0 Å². The summed E-state index contributed by atoms with van der Waals surface area (Å²) in [7, 11) is 0. The molecule has 84 valence electrons. The molecule has 0 unspecified atom stereocenters. The molecule has 0 radical (unpaired) electrons. The third-order valence-electron chi connectivity index (χ3n) is 3.94. The Morgan fingerprint density at radius 1 is 0.667 bits per heavy atom. The summed E-state index contributed by atoms with van der Waals surface area (Å²) >= 11 is 0. The molecule has 0 atom stereocenters. The maximum Gasteiger partial charge on any atom is -0.0274 e. The lowest BCUT2D eigenvalue weighted by molar-refractivity contribution is 0.784. The number of hydrogen-bond acceptors (Lipinski definition) is 0. The van der Waals surface area contributed by atoms with Gasteiger partial charge in [-0.05, 0) is 80.8 Å². The summed E-state index contributed by atoms with van der Waals surface area (Å²) in [5.41, 5.74) is 9.09. The molecule has 0 nitrogen and oxygen atoms in total. The largest absolute Gasteiger partial charge is 0.0654 e. The molecule has 0 aliphatic carbocycles. The molecule has 15 heavy (non-hydrogen) atoms. The monoisotopic (exact) mass is 204 g/mol. The minimum absolute atomic E-state index is 1.25. The predicted octanol–water partition coefficient (Wildman–Crippen LogP) is 4.57. The summed E-state index contributed by atoms with van der Waals surface area (Å²) in [5, 5.41) is 0. The topological polar surface area (TPSA) is 0 Å². The Kier molecular flexibility index (Phi) is 3.96. The van der Waals surface area contributed by atoms with Gasteiger partial charge in [-0.1, -0.05) is 13.3 Å². The molecule has 0 spiro atoms. The fourth-order valence-corrected chi connectivity index (χ4v) is 2.31. The first-order valence-corrected chi connectivity index (χ1v) is 6.06. The summed E-state index contributed by atoms with van der Waals surface area (Å²) in [6.07, 6.45) is 3.84. The van der Waals surface area contributed by atoms with Crippen molar-refractivity contribution in [1.82, 2.24) is 0 Å². The highest BCUT2D eigenvalue weighted by Gasteiger charge is 2.11. The molecule has 0 heteroatoms. The van der Waals surface area contributed by atoms with Gasteiger partial charge in [-0.25, -0.2) is 0 Å². The summed E-state index contributed by atoms with van der Waals surface area (Å²) in [6.45, 7) is 13.6. The van der Waals surface area contributed by atoms with Crippen LogP contribution in [0, 0.1) is 34.6 Å². The van der Waals surface area contributed by atoms with Gasteiger partial charge >= 0.3 is 0 Å². The van der Waals surface area contributed by atoms with Gasteiger partial charge < -0.3 is 0 Å². The zero-order valence-electron chi connectivity index (χ0n) is 11.1. The van der Waals surface area contributed by atoms with E-state index in [2.05, 4.69) is 41.5 Å². The second-order valence-corrected chi connectivity index (χ2v) is 4.71. The van der Waals surface area contributed by atoms with Gasteiger partial charge in [0.25, 0.3) is 0 Å². The Hall–Kier alpha value is -0.780. The molecule has 0 aliphatic heterocycles. The lowest BCUT2D eigenvalue weighted by atomic mass is 9.87. The molecular formula is C15H24. The van der Waals surface area contributed by atoms with E-state index in [0.29, 0.717) is 0 Å². The molecule has 0 amide bonds. The number of rotatable bonds is 3. The van der Waals surface area contributed by atoms with Gasteiger partial charge in [0.1, 0.15) is 0 Å². The van der Waals surface area contributed by atoms with Crippen LogP contribution in [0.25, 0.3) is 0 Å². The van der Waals surface area contributed by atoms with E-state index in [0.717, 1.165) is 0 Å². The van der Waals surface area contributed by atoms with Crippen molar-refractivity contribution >= 4 is 0 Å². The molecule has 0 bridgehead atoms. The van der Waals surface area contributed by atoms with Crippen LogP contribution in [0.4, 0.5) is 0 Å². The van der Waals surface area contributed by atoms with E-state index < -0.39 is 0 Å². The van der Waals surface area contributed by atoms with Gasteiger partial charge in [-0.3, -0.25) is 0 Å². The molecule has 1 rings (SSSR count). The summed E-state index contributed by atoms with van der Waals surface area (Å²) in [6, 6.07) is 0. The first-order chi connectivity index (χ1) is 7.00.